The Balaban J connectivity index is 1.82. The highest BCUT2D eigenvalue weighted by molar-refractivity contribution is 5.81. The molecule has 0 bridgehead atoms. The van der Waals surface area contributed by atoms with Gasteiger partial charge in [-0.05, 0) is 17.7 Å². The van der Waals surface area contributed by atoms with E-state index in [-0.39, 0.29) is 17.6 Å². The molecule has 2 N–H and O–H groups in total. The quantitative estimate of drug-likeness (QED) is 0.813. The Hall–Kier alpha value is -1.39. The molecule has 4 nitrogen and oxygen atoms in total. The second-order valence-corrected chi connectivity index (χ2v) is 4.28. The topological polar surface area (TPSA) is 58.6 Å². The summed E-state index contributed by atoms with van der Waals surface area (Å²) in [6, 6.07) is 6.74. The van der Waals surface area contributed by atoms with E-state index in [0.717, 1.165) is 18.7 Å². The molecule has 17 heavy (non-hydrogen) atoms. The number of ketones is 1. The molecular weight excluding hydrogens is 218 g/mol. The van der Waals surface area contributed by atoms with Crippen LogP contribution < -0.4 is 5.32 Å². The van der Waals surface area contributed by atoms with Gasteiger partial charge in [0, 0.05) is 25.9 Å². The lowest BCUT2D eigenvalue weighted by molar-refractivity contribution is -0.121. The molecule has 0 radical (unpaired) electrons. The zero-order valence-electron chi connectivity index (χ0n) is 9.69. The summed E-state index contributed by atoms with van der Waals surface area (Å²) in [5, 5.41) is 12.3. The minimum Gasteiger partial charge on any atom is -0.508 e. The number of carbonyl (C=O) groups is 1. The molecule has 1 fully saturated rings. The van der Waals surface area contributed by atoms with Gasteiger partial charge in [0.05, 0.1) is 12.7 Å². The van der Waals surface area contributed by atoms with Crippen LogP contribution in [0.1, 0.15) is 12.0 Å². The summed E-state index contributed by atoms with van der Waals surface area (Å²) >= 11 is 0. The van der Waals surface area contributed by atoms with E-state index in [1.54, 1.807) is 24.3 Å². The molecule has 0 aromatic heterocycles. The summed E-state index contributed by atoms with van der Waals surface area (Å²) in [4.78, 5) is 11.8. The number of morpholine rings is 1. The van der Waals surface area contributed by atoms with E-state index in [4.69, 9.17) is 9.84 Å². The van der Waals surface area contributed by atoms with Crippen LogP contribution in [-0.2, 0) is 16.0 Å². The third-order valence-electron chi connectivity index (χ3n) is 2.80. The summed E-state index contributed by atoms with van der Waals surface area (Å²) in [6.07, 6.45) is 0.863. The van der Waals surface area contributed by atoms with Crippen LogP contribution in [0.15, 0.2) is 24.3 Å². The third kappa shape index (κ3) is 3.84. The maximum atomic E-state index is 11.8. The number of phenolic OH excluding ortho intramolecular Hbond substituents is 1. The lowest BCUT2D eigenvalue weighted by Gasteiger charge is -2.22. The minimum absolute atomic E-state index is 0.00775. The minimum atomic E-state index is 0.00775. The molecule has 1 aromatic carbocycles. The smallest absolute Gasteiger partial charge is 0.139 e. The molecule has 1 aromatic rings. The molecule has 0 aliphatic carbocycles. The molecule has 2 rings (SSSR count). The van der Waals surface area contributed by atoms with Crippen molar-refractivity contribution < 1.29 is 14.6 Å². The summed E-state index contributed by atoms with van der Waals surface area (Å²) in [5.41, 5.74) is 0.927. The van der Waals surface area contributed by atoms with Crippen LogP contribution in [0.3, 0.4) is 0 Å². The Bertz CT molecular complexity index is 369. The number of ether oxygens (including phenoxy) is 1. The van der Waals surface area contributed by atoms with E-state index in [1.165, 1.54) is 0 Å². The number of aromatic hydroxyl groups is 1. The van der Waals surface area contributed by atoms with E-state index in [0.29, 0.717) is 19.4 Å². The van der Waals surface area contributed by atoms with Crippen molar-refractivity contribution in [1.82, 2.24) is 5.32 Å². The van der Waals surface area contributed by atoms with Crippen molar-refractivity contribution in [3.05, 3.63) is 29.8 Å². The fraction of sp³-hybridized carbons (Fsp3) is 0.462. The maximum absolute atomic E-state index is 11.8. The number of hydrogen-bond donors (Lipinski definition) is 2. The average Bonchev–Trinajstić information content (AvgIpc) is 2.33. The van der Waals surface area contributed by atoms with Crippen molar-refractivity contribution >= 4 is 5.78 Å². The third-order valence-corrected chi connectivity index (χ3v) is 2.80. The predicted molar refractivity (Wildman–Crippen MR) is 64.0 cm³/mol. The van der Waals surface area contributed by atoms with Gasteiger partial charge in [-0.3, -0.25) is 4.79 Å². The van der Waals surface area contributed by atoms with Crippen LogP contribution in [0.25, 0.3) is 0 Å². The molecule has 92 valence electrons. The van der Waals surface area contributed by atoms with Gasteiger partial charge in [0.2, 0.25) is 0 Å². The van der Waals surface area contributed by atoms with Crippen molar-refractivity contribution in [3.63, 3.8) is 0 Å². The zero-order valence-corrected chi connectivity index (χ0v) is 9.69. The fourth-order valence-corrected chi connectivity index (χ4v) is 1.92. The first-order chi connectivity index (χ1) is 8.24. The second-order valence-electron chi connectivity index (χ2n) is 4.28. The van der Waals surface area contributed by atoms with Crippen molar-refractivity contribution in [1.29, 1.82) is 0 Å². The number of Topliss-reactive ketones (excluding diaryl/α,β-unsaturated/α-hetero) is 1. The van der Waals surface area contributed by atoms with Gasteiger partial charge in [-0.2, -0.15) is 0 Å². The number of benzene rings is 1. The van der Waals surface area contributed by atoms with E-state index in [9.17, 15) is 4.79 Å². The summed E-state index contributed by atoms with van der Waals surface area (Å²) in [7, 11) is 0. The first kappa shape index (κ1) is 12.1. The molecule has 1 aliphatic heterocycles. The number of hydrogen-bond acceptors (Lipinski definition) is 4. The lowest BCUT2D eigenvalue weighted by atomic mass is 10.0. The van der Waals surface area contributed by atoms with Gasteiger partial charge in [-0.25, -0.2) is 0 Å². The van der Waals surface area contributed by atoms with E-state index in [2.05, 4.69) is 5.32 Å². The highest BCUT2D eigenvalue weighted by Gasteiger charge is 2.17. The van der Waals surface area contributed by atoms with Crippen LogP contribution in [-0.4, -0.2) is 36.7 Å². The molecule has 1 heterocycles. The molecule has 1 atom stereocenters. The SMILES string of the molecule is O=C(Cc1ccc(O)cc1)CC1CNCCO1. The molecule has 1 unspecified atom stereocenters. The average molecular weight is 235 g/mol. The standard InChI is InChI=1S/C13H17NO3/c15-11-3-1-10(2-4-11)7-12(16)8-13-9-14-5-6-17-13/h1-4,13-15H,5-9H2. The summed E-state index contributed by atoms with van der Waals surface area (Å²) in [6.45, 7) is 2.29. The van der Waals surface area contributed by atoms with Gasteiger partial charge < -0.3 is 15.2 Å². The van der Waals surface area contributed by atoms with Crippen LogP contribution in [0.2, 0.25) is 0 Å². The van der Waals surface area contributed by atoms with E-state index < -0.39 is 0 Å². The fourth-order valence-electron chi connectivity index (χ4n) is 1.92. The van der Waals surface area contributed by atoms with Crippen molar-refractivity contribution in [2.24, 2.45) is 0 Å². The van der Waals surface area contributed by atoms with Crippen molar-refractivity contribution in [2.75, 3.05) is 19.7 Å². The van der Waals surface area contributed by atoms with Gasteiger partial charge in [0.15, 0.2) is 0 Å². The van der Waals surface area contributed by atoms with Gasteiger partial charge in [-0.1, -0.05) is 12.1 Å². The van der Waals surface area contributed by atoms with E-state index >= 15 is 0 Å². The number of nitrogens with one attached hydrogen (secondary N) is 1. The molecule has 4 heteroatoms. The molecule has 1 saturated heterocycles. The monoisotopic (exact) mass is 235 g/mol. The summed E-state index contributed by atoms with van der Waals surface area (Å²) in [5.74, 6) is 0.394. The highest BCUT2D eigenvalue weighted by atomic mass is 16.5. The maximum Gasteiger partial charge on any atom is 0.139 e. The van der Waals surface area contributed by atoms with Gasteiger partial charge >= 0.3 is 0 Å². The molecule has 0 spiro atoms. The highest BCUT2D eigenvalue weighted by Crippen LogP contribution is 2.12. The first-order valence-corrected chi connectivity index (χ1v) is 5.86. The largest absolute Gasteiger partial charge is 0.508 e. The van der Waals surface area contributed by atoms with Crippen LogP contribution >= 0.6 is 0 Å². The van der Waals surface area contributed by atoms with Gasteiger partial charge in [0.1, 0.15) is 11.5 Å². The molecule has 0 saturated carbocycles. The van der Waals surface area contributed by atoms with Crippen molar-refractivity contribution in [2.45, 2.75) is 18.9 Å². The van der Waals surface area contributed by atoms with E-state index in [1.807, 2.05) is 0 Å². The molecule has 1 aliphatic rings. The number of rotatable bonds is 4. The molecule has 0 amide bonds. The number of carbonyl (C=O) groups excluding carboxylic acids is 1. The lowest BCUT2D eigenvalue weighted by Crippen LogP contribution is -2.39. The molecular formula is C13H17NO3. The van der Waals surface area contributed by atoms with Gasteiger partial charge in [0.25, 0.3) is 0 Å². The van der Waals surface area contributed by atoms with Crippen LogP contribution in [0, 0.1) is 0 Å². The zero-order chi connectivity index (χ0) is 12.1. The Morgan fingerprint density at radius 2 is 2.18 bits per heavy atom. The Morgan fingerprint density at radius 3 is 2.82 bits per heavy atom. The Kier molecular flexibility index (Phi) is 4.12. The Morgan fingerprint density at radius 1 is 1.41 bits per heavy atom. The Labute approximate surface area is 101 Å². The number of phenols is 1. The van der Waals surface area contributed by atoms with Crippen LogP contribution in [0.5, 0.6) is 5.75 Å². The predicted octanol–water partition coefficient (Wildman–Crippen LogP) is 0.882. The summed E-state index contributed by atoms with van der Waals surface area (Å²) < 4.78 is 5.48. The van der Waals surface area contributed by atoms with Gasteiger partial charge in [-0.15, -0.1) is 0 Å². The normalized spacial score (nSPS) is 20.1. The van der Waals surface area contributed by atoms with Crippen molar-refractivity contribution in [3.8, 4) is 5.75 Å². The first-order valence-electron chi connectivity index (χ1n) is 5.86. The second kappa shape index (κ2) is 5.80. The van der Waals surface area contributed by atoms with Crippen LogP contribution in [0.4, 0.5) is 0 Å².